The van der Waals surface area contributed by atoms with Gasteiger partial charge in [0.2, 0.25) is 5.75 Å². The normalized spacial score (nSPS) is 9.69. The number of methoxy groups -OCH3 is 1. The van der Waals surface area contributed by atoms with E-state index in [-0.39, 0.29) is 22.2 Å². The molecule has 0 aliphatic rings. The maximum Gasteiger partial charge on any atom is 0.329 e. The molecular weight excluding hydrogens is 198 g/mol. The summed E-state index contributed by atoms with van der Waals surface area (Å²) in [5, 5.41) is 19.4. The molecule has 0 aliphatic carbocycles. The van der Waals surface area contributed by atoms with Crippen LogP contribution in [0.3, 0.4) is 0 Å². The number of nitro benzene ring substituents is 1. The van der Waals surface area contributed by atoms with Crippen molar-refractivity contribution in [1.29, 1.82) is 0 Å². The average molecular weight is 204 g/mol. The smallest absolute Gasteiger partial charge is 0.329 e. The molecule has 70 valence electrons. The van der Waals surface area contributed by atoms with E-state index < -0.39 is 4.92 Å². The molecule has 1 aromatic rings. The van der Waals surface area contributed by atoms with Gasteiger partial charge in [-0.15, -0.1) is 0 Å². The average Bonchev–Trinajstić information content (AvgIpc) is 2.01. The fraction of sp³-hybridized carbons (Fsp3) is 0.143. The number of rotatable bonds is 2. The molecule has 0 bridgehead atoms. The Hall–Kier alpha value is -1.49. The first-order valence-electron chi connectivity index (χ1n) is 3.27. The summed E-state index contributed by atoms with van der Waals surface area (Å²) in [5.74, 6) is -0.234. The van der Waals surface area contributed by atoms with Gasteiger partial charge in [0, 0.05) is 12.1 Å². The SMILES string of the molecule is COc1cc(O)cc(Cl)c1[N+](=O)[O-]. The quantitative estimate of drug-likeness (QED) is 0.589. The van der Waals surface area contributed by atoms with Crippen molar-refractivity contribution < 1.29 is 14.8 Å². The van der Waals surface area contributed by atoms with Gasteiger partial charge >= 0.3 is 5.69 Å². The van der Waals surface area contributed by atoms with Crippen molar-refractivity contribution in [1.82, 2.24) is 0 Å². The third-order valence-electron chi connectivity index (χ3n) is 1.42. The highest BCUT2D eigenvalue weighted by Gasteiger charge is 2.20. The van der Waals surface area contributed by atoms with Crippen LogP contribution in [0.25, 0.3) is 0 Å². The Labute approximate surface area is 78.7 Å². The Bertz CT molecular complexity index is 353. The number of hydrogen-bond donors (Lipinski definition) is 1. The summed E-state index contributed by atoms with van der Waals surface area (Å²) in [6.45, 7) is 0. The van der Waals surface area contributed by atoms with Crippen LogP contribution in [-0.4, -0.2) is 17.1 Å². The maximum atomic E-state index is 10.5. The van der Waals surface area contributed by atoms with Gasteiger partial charge in [-0.05, 0) is 0 Å². The number of aromatic hydroxyl groups is 1. The second kappa shape index (κ2) is 3.49. The van der Waals surface area contributed by atoms with Gasteiger partial charge in [-0.2, -0.15) is 0 Å². The minimum absolute atomic E-state index is 0.0602. The lowest BCUT2D eigenvalue weighted by Crippen LogP contribution is -1.94. The molecule has 0 radical (unpaired) electrons. The predicted octanol–water partition coefficient (Wildman–Crippen LogP) is 1.96. The van der Waals surface area contributed by atoms with Gasteiger partial charge in [0.1, 0.15) is 10.8 Å². The van der Waals surface area contributed by atoms with Crippen LogP contribution in [0.15, 0.2) is 12.1 Å². The summed E-state index contributed by atoms with van der Waals surface area (Å²) in [7, 11) is 1.26. The van der Waals surface area contributed by atoms with Crippen molar-refractivity contribution in [2.45, 2.75) is 0 Å². The van der Waals surface area contributed by atoms with Gasteiger partial charge in [0.15, 0.2) is 0 Å². The fourth-order valence-electron chi connectivity index (χ4n) is 0.893. The van der Waals surface area contributed by atoms with E-state index in [1.807, 2.05) is 0 Å². The van der Waals surface area contributed by atoms with Crippen molar-refractivity contribution in [3.8, 4) is 11.5 Å². The molecule has 0 amide bonds. The second-order valence-corrected chi connectivity index (χ2v) is 2.64. The second-order valence-electron chi connectivity index (χ2n) is 2.24. The van der Waals surface area contributed by atoms with E-state index >= 15 is 0 Å². The summed E-state index contributed by atoms with van der Waals surface area (Å²) in [4.78, 5) is 9.81. The highest BCUT2D eigenvalue weighted by Crippen LogP contribution is 2.37. The highest BCUT2D eigenvalue weighted by atomic mass is 35.5. The molecule has 1 rings (SSSR count). The van der Waals surface area contributed by atoms with Crippen molar-refractivity contribution in [2.75, 3.05) is 7.11 Å². The zero-order chi connectivity index (χ0) is 10.0. The molecule has 0 unspecified atom stereocenters. The van der Waals surface area contributed by atoms with Gasteiger partial charge in [-0.1, -0.05) is 11.6 Å². The number of phenols is 1. The molecule has 0 saturated heterocycles. The van der Waals surface area contributed by atoms with Gasteiger partial charge < -0.3 is 9.84 Å². The van der Waals surface area contributed by atoms with E-state index in [2.05, 4.69) is 4.74 Å². The largest absolute Gasteiger partial charge is 0.508 e. The van der Waals surface area contributed by atoms with E-state index in [0.717, 1.165) is 12.1 Å². The lowest BCUT2D eigenvalue weighted by molar-refractivity contribution is -0.385. The van der Waals surface area contributed by atoms with E-state index in [1.54, 1.807) is 0 Å². The molecule has 13 heavy (non-hydrogen) atoms. The van der Waals surface area contributed by atoms with E-state index in [1.165, 1.54) is 7.11 Å². The molecule has 6 heteroatoms. The van der Waals surface area contributed by atoms with Crippen LogP contribution in [0.4, 0.5) is 5.69 Å². The Balaban J connectivity index is 3.38. The van der Waals surface area contributed by atoms with Gasteiger partial charge in [-0.25, -0.2) is 0 Å². The standard InChI is InChI=1S/C7H6ClNO4/c1-13-6-3-4(10)2-5(8)7(6)9(11)12/h2-3,10H,1H3. The number of halogens is 1. The van der Waals surface area contributed by atoms with Crippen molar-refractivity contribution in [3.05, 3.63) is 27.3 Å². The molecule has 0 spiro atoms. The molecule has 0 aromatic heterocycles. The summed E-state index contributed by atoms with van der Waals surface area (Å²) < 4.78 is 4.68. The number of nitro groups is 1. The lowest BCUT2D eigenvalue weighted by atomic mass is 10.3. The maximum absolute atomic E-state index is 10.5. The van der Waals surface area contributed by atoms with Crippen molar-refractivity contribution in [2.24, 2.45) is 0 Å². The third kappa shape index (κ3) is 1.81. The summed E-state index contributed by atoms with van der Waals surface area (Å²) in [6, 6.07) is 2.21. The first-order chi connectivity index (χ1) is 6.06. The van der Waals surface area contributed by atoms with Crippen LogP contribution >= 0.6 is 11.6 Å². The van der Waals surface area contributed by atoms with E-state index in [0.29, 0.717) is 0 Å². The van der Waals surface area contributed by atoms with Crippen LogP contribution in [0.5, 0.6) is 11.5 Å². The Morgan fingerprint density at radius 3 is 2.69 bits per heavy atom. The third-order valence-corrected chi connectivity index (χ3v) is 1.70. The predicted molar refractivity (Wildman–Crippen MR) is 46.3 cm³/mol. The monoisotopic (exact) mass is 203 g/mol. The van der Waals surface area contributed by atoms with Crippen LogP contribution in [-0.2, 0) is 0 Å². The van der Waals surface area contributed by atoms with E-state index in [4.69, 9.17) is 16.7 Å². The number of hydrogen-bond acceptors (Lipinski definition) is 4. The Morgan fingerprint density at radius 2 is 2.23 bits per heavy atom. The molecule has 0 fully saturated rings. The molecule has 0 atom stereocenters. The van der Waals surface area contributed by atoms with Crippen LogP contribution in [0, 0.1) is 10.1 Å². The van der Waals surface area contributed by atoms with Crippen LogP contribution in [0.2, 0.25) is 5.02 Å². The lowest BCUT2D eigenvalue weighted by Gasteiger charge is -2.03. The minimum Gasteiger partial charge on any atom is -0.508 e. The Morgan fingerprint density at radius 1 is 1.62 bits per heavy atom. The molecule has 1 aromatic carbocycles. The molecule has 0 heterocycles. The molecule has 1 N–H and O–H groups in total. The number of benzene rings is 1. The number of nitrogens with zero attached hydrogens (tertiary/aromatic N) is 1. The van der Waals surface area contributed by atoms with E-state index in [9.17, 15) is 10.1 Å². The summed E-state index contributed by atoms with van der Waals surface area (Å²) in [6.07, 6.45) is 0. The molecule has 0 aliphatic heterocycles. The topological polar surface area (TPSA) is 72.6 Å². The molecule has 5 nitrogen and oxygen atoms in total. The molecule has 0 saturated carbocycles. The van der Waals surface area contributed by atoms with Gasteiger partial charge in [-0.3, -0.25) is 10.1 Å². The van der Waals surface area contributed by atoms with Gasteiger partial charge in [0.05, 0.1) is 12.0 Å². The zero-order valence-corrected chi connectivity index (χ0v) is 7.41. The van der Waals surface area contributed by atoms with Gasteiger partial charge in [0.25, 0.3) is 0 Å². The summed E-state index contributed by atoms with van der Waals surface area (Å²) in [5.41, 5.74) is -0.345. The van der Waals surface area contributed by atoms with Crippen LogP contribution in [0.1, 0.15) is 0 Å². The highest BCUT2D eigenvalue weighted by molar-refractivity contribution is 6.33. The van der Waals surface area contributed by atoms with Crippen molar-refractivity contribution >= 4 is 17.3 Å². The minimum atomic E-state index is -0.666. The summed E-state index contributed by atoms with van der Waals surface area (Å²) >= 11 is 5.53. The van der Waals surface area contributed by atoms with Crippen LogP contribution < -0.4 is 4.74 Å². The van der Waals surface area contributed by atoms with Crippen molar-refractivity contribution in [3.63, 3.8) is 0 Å². The fourth-order valence-corrected chi connectivity index (χ4v) is 1.17. The number of phenolic OH excluding ortho intramolecular Hbond substituents is 1. The number of ether oxygens (including phenoxy) is 1. The zero-order valence-electron chi connectivity index (χ0n) is 6.65. The first kappa shape index (κ1) is 9.60. The molecular formula is C7H6ClNO4. The Kier molecular flexibility index (Phi) is 2.57. The first-order valence-corrected chi connectivity index (χ1v) is 3.65.